The summed E-state index contributed by atoms with van der Waals surface area (Å²) < 4.78 is 23.7. The molecule has 1 aromatic carbocycles. The van der Waals surface area contributed by atoms with E-state index in [0.717, 1.165) is 0 Å². The molecule has 0 fully saturated rings. The first-order chi connectivity index (χ1) is 7.56. The number of ether oxygens (including phenoxy) is 2. The predicted octanol–water partition coefficient (Wildman–Crippen LogP) is 1.60. The molecule has 0 bridgehead atoms. The van der Waals surface area contributed by atoms with Crippen LogP contribution < -0.4 is 15.2 Å². The van der Waals surface area contributed by atoms with Gasteiger partial charge in [0, 0.05) is 12.1 Å². The number of benzene rings is 1. The van der Waals surface area contributed by atoms with E-state index in [4.69, 9.17) is 15.2 Å². The Labute approximate surface area is 101 Å². The SMILES string of the molecule is COc1c(C(O)CN)cc(Br)c(F)c1OC. The molecule has 1 aromatic rings. The van der Waals surface area contributed by atoms with Gasteiger partial charge in [-0.25, -0.2) is 4.39 Å². The van der Waals surface area contributed by atoms with Gasteiger partial charge in [0.25, 0.3) is 0 Å². The van der Waals surface area contributed by atoms with Crippen molar-refractivity contribution in [1.82, 2.24) is 0 Å². The zero-order chi connectivity index (χ0) is 12.3. The van der Waals surface area contributed by atoms with E-state index >= 15 is 0 Å². The van der Waals surface area contributed by atoms with E-state index in [1.54, 1.807) is 0 Å². The van der Waals surface area contributed by atoms with Crippen molar-refractivity contribution in [3.05, 3.63) is 21.9 Å². The van der Waals surface area contributed by atoms with Crippen molar-refractivity contribution in [3.63, 3.8) is 0 Å². The van der Waals surface area contributed by atoms with Gasteiger partial charge in [-0.1, -0.05) is 0 Å². The van der Waals surface area contributed by atoms with E-state index in [1.807, 2.05) is 0 Å². The first-order valence-electron chi connectivity index (χ1n) is 4.54. The second-order valence-corrected chi connectivity index (χ2v) is 3.93. The van der Waals surface area contributed by atoms with E-state index in [-0.39, 0.29) is 22.5 Å². The zero-order valence-corrected chi connectivity index (χ0v) is 10.5. The molecule has 0 aliphatic carbocycles. The standard InChI is InChI=1S/C10H13BrFNO3/c1-15-9-5(7(14)4-13)3-6(11)8(12)10(9)16-2/h3,7,14H,4,13H2,1-2H3. The third-order valence-electron chi connectivity index (χ3n) is 2.15. The Kier molecular flexibility index (Phi) is 4.52. The first-order valence-corrected chi connectivity index (χ1v) is 5.34. The lowest BCUT2D eigenvalue weighted by atomic mass is 10.1. The van der Waals surface area contributed by atoms with Crippen molar-refractivity contribution in [2.45, 2.75) is 6.10 Å². The smallest absolute Gasteiger partial charge is 0.198 e. The van der Waals surface area contributed by atoms with Gasteiger partial charge in [-0.15, -0.1) is 0 Å². The summed E-state index contributed by atoms with van der Waals surface area (Å²) in [4.78, 5) is 0. The lowest BCUT2D eigenvalue weighted by molar-refractivity contribution is 0.180. The third-order valence-corrected chi connectivity index (χ3v) is 2.73. The van der Waals surface area contributed by atoms with Gasteiger partial charge in [-0.2, -0.15) is 0 Å². The fourth-order valence-corrected chi connectivity index (χ4v) is 1.80. The van der Waals surface area contributed by atoms with Crippen molar-refractivity contribution < 1.29 is 19.0 Å². The molecule has 16 heavy (non-hydrogen) atoms. The minimum atomic E-state index is -0.930. The van der Waals surface area contributed by atoms with Crippen LogP contribution in [0.5, 0.6) is 11.5 Å². The summed E-state index contributed by atoms with van der Waals surface area (Å²) in [5, 5.41) is 9.67. The Morgan fingerprint density at radius 2 is 2.00 bits per heavy atom. The van der Waals surface area contributed by atoms with Gasteiger partial charge in [0.15, 0.2) is 17.3 Å². The monoisotopic (exact) mass is 293 g/mol. The van der Waals surface area contributed by atoms with Crippen LogP contribution in [0.25, 0.3) is 0 Å². The topological polar surface area (TPSA) is 64.7 Å². The fourth-order valence-electron chi connectivity index (χ4n) is 1.37. The second kappa shape index (κ2) is 5.47. The van der Waals surface area contributed by atoms with E-state index < -0.39 is 11.9 Å². The Hall–Kier alpha value is -0.850. The van der Waals surface area contributed by atoms with Gasteiger partial charge in [0.05, 0.1) is 24.8 Å². The van der Waals surface area contributed by atoms with Crippen LogP contribution in [-0.4, -0.2) is 25.9 Å². The molecule has 4 nitrogen and oxygen atoms in total. The van der Waals surface area contributed by atoms with Gasteiger partial charge < -0.3 is 20.3 Å². The van der Waals surface area contributed by atoms with Crippen LogP contribution in [0.2, 0.25) is 0 Å². The molecule has 0 saturated carbocycles. The summed E-state index contributed by atoms with van der Waals surface area (Å²) in [5.74, 6) is -0.479. The highest BCUT2D eigenvalue weighted by Gasteiger charge is 2.22. The van der Waals surface area contributed by atoms with Crippen LogP contribution in [-0.2, 0) is 0 Å². The van der Waals surface area contributed by atoms with Crippen LogP contribution in [0.1, 0.15) is 11.7 Å². The number of hydrogen-bond donors (Lipinski definition) is 2. The Balaban J connectivity index is 3.43. The summed E-state index contributed by atoms with van der Waals surface area (Å²) in [7, 11) is 2.70. The molecule has 1 rings (SSSR count). The molecule has 90 valence electrons. The van der Waals surface area contributed by atoms with Crippen LogP contribution >= 0.6 is 15.9 Å². The number of methoxy groups -OCH3 is 2. The maximum absolute atomic E-state index is 13.6. The van der Waals surface area contributed by atoms with E-state index in [0.29, 0.717) is 5.56 Å². The molecule has 6 heteroatoms. The average Bonchev–Trinajstić information content (AvgIpc) is 2.30. The van der Waals surface area contributed by atoms with Crippen molar-refractivity contribution in [2.75, 3.05) is 20.8 Å². The van der Waals surface area contributed by atoms with Crippen molar-refractivity contribution in [3.8, 4) is 11.5 Å². The summed E-state index contributed by atoms with van der Waals surface area (Å²) in [6, 6.07) is 1.42. The number of nitrogens with two attached hydrogens (primary N) is 1. The molecule has 0 amide bonds. The van der Waals surface area contributed by atoms with Crippen LogP contribution in [0, 0.1) is 5.82 Å². The number of aliphatic hydroxyl groups excluding tert-OH is 1. The summed E-state index contributed by atoms with van der Waals surface area (Å²) in [6.45, 7) is 0.0115. The lowest BCUT2D eigenvalue weighted by Crippen LogP contribution is -2.13. The van der Waals surface area contributed by atoms with Crippen LogP contribution in [0.3, 0.4) is 0 Å². The molecule has 1 atom stereocenters. The van der Waals surface area contributed by atoms with Crippen molar-refractivity contribution in [1.29, 1.82) is 0 Å². The average molecular weight is 294 g/mol. The molecule has 0 spiro atoms. The highest BCUT2D eigenvalue weighted by Crippen LogP contribution is 2.40. The molecule has 1 unspecified atom stereocenters. The maximum atomic E-state index is 13.6. The minimum Gasteiger partial charge on any atom is -0.492 e. The Morgan fingerprint density at radius 3 is 2.44 bits per heavy atom. The van der Waals surface area contributed by atoms with Gasteiger partial charge in [-0.05, 0) is 22.0 Å². The number of halogens is 2. The summed E-state index contributed by atoms with van der Waals surface area (Å²) in [6.07, 6.45) is -0.930. The minimum absolute atomic E-state index is 0.0115. The molecule has 0 aliphatic rings. The maximum Gasteiger partial charge on any atom is 0.198 e. The van der Waals surface area contributed by atoms with Gasteiger partial charge >= 0.3 is 0 Å². The predicted molar refractivity (Wildman–Crippen MR) is 61.2 cm³/mol. The molecule has 0 aromatic heterocycles. The van der Waals surface area contributed by atoms with Crippen LogP contribution in [0.15, 0.2) is 10.5 Å². The molecular formula is C10H13BrFNO3. The molecular weight excluding hydrogens is 281 g/mol. The van der Waals surface area contributed by atoms with Crippen molar-refractivity contribution >= 4 is 15.9 Å². The normalized spacial score (nSPS) is 12.4. The third kappa shape index (κ3) is 2.28. The number of aliphatic hydroxyl groups is 1. The van der Waals surface area contributed by atoms with E-state index in [1.165, 1.54) is 20.3 Å². The second-order valence-electron chi connectivity index (χ2n) is 3.08. The van der Waals surface area contributed by atoms with E-state index in [2.05, 4.69) is 15.9 Å². The highest BCUT2D eigenvalue weighted by molar-refractivity contribution is 9.10. The largest absolute Gasteiger partial charge is 0.492 e. The first kappa shape index (κ1) is 13.2. The molecule has 0 aliphatic heterocycles. The Morgan fingerprint density at radius 1 is 1.44 bits per heavy atom. The lowest BCUT2D eigenvalue weighted by Gasteiger charge is -2.17. The molecule has 0 heterocycles. The van der Waals surface area contributed by atoms with Crippen molar-refractivity contribution in [2.24, 2.45) is 5.73 Å². The highest BCUT2D eigenvalue weighted by atomic mass is 79.9. The van der Waals surface area contributed by atoms with Gasteiger partial charge in [0.1, 0.15) is 0 Å². The summed E-state index contributed by atoms with van der Waals surface area (Å²) >= 11 is 3.04. The molecule has 0 saturated heterocycles. The number of rotatable bonds is 4. The van der Waals surface area contributed by atoms with Gasteiger partial charge in [-0.3, -0.25) is 0 Å². The number of hydrogen-bond acceptors (Lipinski definition) is 4. The zero-order valence-electron chi connectivity index (χ0n) is 8.96. The molecule has 3 N–H and O–H groups in total. The summed E-state index contributed by atoms with van der Waals surface area (Å²) in [5.41, 5.74) is 5.74. The van der Waals surface area contributed by atoms with Crippen LogP contribution in [0.4, 0.5) is 4.39 Å². The fraction of sp³-hybridized carbons (Fsp3) is 0.400. The van der Waals surface area contributed by atoms with E-state index in [9.17, 15) is 9.50 Å². The quantitative estimate of drug-likeness (QED) is 0.885. The Bertz CT molecular complexity index is 387. The van der Waals surface area contributed by atoms with Gasteiger partial charge in [0.2, 0.25) is 0 Å². The molecule has 0 radical (unpaired) electrons.